The summed E-state index contributed by atoms with van der Waals surface area (Å²) in [4.78, 5) is 13.7. The number of carboxylic acid groups (broad SMARTS) is 1. The fourth-order valence-electron chi connectivity index (χ4n) is 3.95. The molecule has 0 bridgehead atoms. The molecule has 0 aliphatic carbocycles. The van der Waals surface area contributed by atoms with Crippen molar-refractivity contribution in [2.24, 2.45) is 0 Å². The Hall–Kier alpha value is -3.25. The zero-order chi connectivity index (χ0) is 21.6. The molecule has 1 aliphatic rings. The Kier molecular flexibility index (Phi) is 6.57. The first-order chi connectivity index (χ1) is 15.2. The summed E-state index contributed by atoms with van der Waals surface area (Å²) >= 11 is 0. The number of aliphatic carboxylic acids is 1. The van der Waals surface area contributed by atoms with Gasteiger partial charge >= 0.3 is 5.97 Å². The predicted molar refractivity (Wildman–Crippen MR) is 120 cm³/mol. The van der Waals surface area contributed by atoms with Gasteiger partial charge < -0.3 is 24.2 Å². The topological polar surface area (TPSA) is 68.2 Å². The number of hydrogen-bond acceptors (Lipinski definition) is 5. The number of anilines is 1. The third-order valence-electron chi connectivity index (χ3n) is 5.45. The molecule has 0 radical (unpaired) electrons. The molecule has 1 aliphatic heterocycles. The molecule has 0 amide bonds. The Bertz CT molecular complexity index is 1050. The molecule has 0 saturated heterocycles. The van der Waals surface area contributed by atoms with E-state index in [1.165, 1.54) is 0 Å². The second kappa shape index (κ2) is 9.71. The van der Waals surface area contributed by atoms with Crippen molar-refractivity contribution in [2.75, 3.05) is 37.8 Å². The summed E-state index contributed by atoms with van der Waals surface area (Å²) in [6, 6.07) is 19.9. The number of fused-ring (bicyclic) bond motifs is 2. The predicted octanol–water partition coefficient (Wildman–Crippen LogP) is 4.15. The number of ether oxygens (including phenoxy) is 3. The highest BCUT2D eigenvalue weighted by Gasteiger charge is 2.19. The molecule has 6 heteroatoms. The van der Waals surface area contributed by atoms with Crippen LogP contribution in [0.3, 0.4) is 0 Å². The highest BCUT2D eigenvalue weighted by molar-refractivity contribution is 5.87. The molecule has 1 unspecified atom stereocenters. The van der Waals surface area contributed by atoms with Crippen molar-refractivity contribution in [1.82, 2.24) is 0 Å². The second-order valence-electron chi connectivity index (χ2n) is 7.44. The van der Waals surface area contributed by atoms with Gasteiger partial charge in [-0.1, -0.05) is 36.4 Å². The summed E-state index contributed by atoms with van der Waals surface area (Å²) in [6.45, 7) is 5.02. The van der Waals surface area contributed by atoms with Gasteiger partial charge in [0.2, 0.25) is 0 Å². The molecule has 1 N–H and O–H groups in total. The van der Waals surface area contributed by atoms with Gasteiger partial charge in [0, 0.05) is 13.0 Å². The Morgan fingerprint density at radius 1 is 1.16 bits per heavy atom. The van der Waals surface area contributed by atoms with Crippen LogP contribution in [0.15, 0.2) is 60.7 Å². The minimum absolute atomic E-state index is 0.331. The highest BCUT2D eigenvalue weighted by atomic mass is 16.5. The van der Waals surface area contributed by atoms with Crippen LogP contribution in [0.25, 0.3) is 10.8 Å². The number of rotatable bonds is 9. The van der Waals surface area contributed by atoms with E-state index < -0.39 is 12.1 Å². The van der Waals surface area contributed by atoms with Crippen molar-refractivity contribution in [2.45, 2.75) is 19.4 Å². The standard InChI is InChI=1S/C25H27NO5/c1-2-29-24(25(27)28)17-19-7-5-6-18-16-20(10-11-21(18)19)30-14-12-26-13-15-31-23-9-4-3-8-22(23)26/h3-11,16,24H,2,12-15,17H2,1H3,(H,27,28). The molecular weight excluding hydrogens is 394 g/mol. The largest absolute Gasteiger partial charge is 0.492 e. The summed E-state index contributed by atoms with van der Waals surface area (Å²) in [6.07, 6.45) is -0.514. The SMILES string of the molecule is CCOC(Cc1cccc2cc(OCCN3CCOc4ccccc43)ccc12)C(=O)O. The van der Waals surface area contributed by atoms with Gasteiger partial charge in [-0.2, -0.15) is 0 Å². The van der Waals surface area contributed by atoms with Crippen LogP contribution in [0.2, 0.25) is 0 Å². The van der Waals surface area contributed by atoms with Gasteiger partial charge in [0.05, 0.1) is 18.8 Å². The molecule has 4 rings (SSSR count). The van der Waals surface area contributed by atoms with Crippen LogP contribution in [-0.2, 0) is 16.0 Å². The lowest BCUT2D eigenvalue weighted by Gasteiger charge is -2.31. The Labute approximate surface area is 182 Å². The van der Waals surface area contributed by atoms with Gasteiger partial charge in [-0.05, 0) is 47.5 Å². The number of nitrogens with zero attached hydrogens (tertiary/aromatic N) is 1. The average molecular weight is 421 g/mol. The number of carbonyl (C=O) groups is 1. The fourth-order valence-corrected chi connectivity index (χ4v) is 3.95. The third-order valence-corrected chi connectivity index (χ3v) is 5.45. The van der Waals surface area contributed by atoms with E-state index in [0.717, 1.165) is 46.6 Å². The number of hydrogen-bond donors (Lipinski definition) is 1. The zero-order valence-electron chi connectivity index (χ0n) is 17.6. The van der Waals surface area contributed by atoms with E-state index in [9.17, 15) is 9.90 Å². The fraction of sp³-hybridized carbons (Fsp3) is 0.320. The molecule has 31 heavy (non-hydrogen) atoms. The van der Waals surface area contributed by atoms with Crippen molar-refractivity contribution < 1.29 is 24.1 Å². The monoisotopic (exact) mass is 421 g/mol. The molecule has 6 nitrogen and oxygen atoms in total. The molecule has 3 aromatic rings. The van der Waals surface area contributed by atoms with E-state index in [4.69, 9.17) is 14.2 Å². The van der Waals surface area contributed by atoms with Gasteiger partial charge in [0.25, 0.3) is 0 Å². The van der Waals surface area contributed by atoms with Gasteiger partial charge in [0.15, 0.2) is 6.10 Å². The lowest BCUT2D eigenvalue weighted by molar-refractivity contribution is -0.149. The number of benzene rings is 3. The van der Waals surface area contributed by atoms with Gasteiger partial charge in [-0.25, -0.2) is 4.79 Å². The van der Waals surface area contributed by atoms with Crippen molar-refractivity contribution in [3.8, 4) is 11.5 Å². The lowest BCUT2D eigenvalue weighted by Crippen LogP contribution is -2.35. The minimum atomic E-state index is -0.941. The summed E-state index contributed by atoms with van der Waals surface area (Å²) in [5, 5.41) is 11.4. The molecule has 0 spiro atoms. The first-order valence-corrected chi connectivity index (χ1v) is 10.6. The van der Waals surface area contributed by atoms with Gasteiger partial charge in [-0.3, -0.25) is 0 Å². The van der Waals surface area contributed by atoms with Crippen molar-refractivity contribution in [3.05, 3.63) is 66.2 Å². The van der Waals surface area contributed by atoms with Crippen LogP contribution in [0, 0.1) is 0 Å². The molecule has 3 aromatic carbocycles. The molecule has 162 valence electrons. The van der Waals surface area contributed by atoms with Crippen LogP contribution >= 0.6 is 0 Å². The van der Waals surface area contributed by atoms with Crippen LogP contribution in [0.5, 0.6) is 11.5 Å². The molecular formula is C25H27NO5. The quantitative estimate of drug-likeness (QED) is 0.560. The van der Waals surface area contributed by atoms with E-state index in [1.54, 1.807) is 6.92 Å². The van der Waals surface area contributed by atoms with Crippen LogP contribution < -0.4 is 14.4 Å². The first-order valence-electron chi connectivity index (χ1n) is 10.6. The average Bonchev–Trinajstić information content (AvgIpc) is 2.79. The molecule has 0 saturated carbocycles. The van der Waals surface area contributed by atoms with E-state index >= 15 is 0 Å². The molecule has 1 atom stereocenters. The van der Waals surface area contributed by atoms with Crippen LogP contribution in [0.1, 0.15) is 12.5 Å². The Morgan fingerprint density at radius 3 is 2.87 bits per heavy atom. The van der Waals surface area contributed by atoms with Crippen LogP contribution in [0.4, 0.5) is 5.69 Å². The zero-order valence-corrected chi connectivity index (χ0v) is 17.6. The van der Waals surface area contributed by atoms with E-state index in [2.05, 4.69) is 11.0 Å². The Balaban J connectivity index is 1.42. The van der Waals surface area contributed by atoms with Gasteiger partial charge in [0.1, 0.15) is 24.7 Å². The molecule has 1 heterocycles. The normalized spacial score (nSPS) is 14.0. The van der Waals surface area contributed by atoms with E-state index in [0.29, 0.717) is 26.2 Å². The molecule has 0 aromatic heterocycles. The number of para-hydroxylation sites is 2. The summed E-state index contributed by atoms with van der Waals surface area (Å²) in [5.41, 5.74) is 2.05. The molecule has 0 fully saturated rings. The first kappa shape index (κ1) is 21.0. The highest BCUT2D eigenvalue weighted by Crippen LogP contribution is 2.31. The summed E-state index contributed by atoms with van der Waals surface area (Å²) in [7, 11) is 0. The third kappa shape index (κ3) is 4.91. The van der Waals surface area contributed by atoms with Gasteiger partial charge in [-0.15, -0.1) is 0 Å². The smallest absolute Gasteiger partial charge is 0.333 e. The minimum Gasteiger partial charge on any atom is -0.492 e. The number of carboxylic acids is 1. The van der Waals surface area contributed by atoms with Crippen molar-refractivity contribution in [3.63, 3.8) is 0 Å². The summed E-state index contributed by atoms with van der Waals surface area (Å²) in [5.74, 6) is 0.771. The van der Waals surface area contributed by atoms with Crippen LogP contribution in [-0.4, -0.2) is 50.1 Å². The maximum Gasteiger partial charge on any atom is 0.333 e. The van der Waals surface area contributed by atoms with Crippen molar-refractivity contribution >= 4 is 22.4 Å². The second-order valence-corrected chi connectivity index (χ2v) is 7.44. The maximum atomic E-state index is 11.5. The van der Waals surface area contributed by atoms with E-state index in [1.807, 2.05) is 54.6 Å². The Morgan fingerprint density at radius 2 is 2.03 bits per heavy atom. The summed E-state index contributed by atoms with van der Waals surface area (Å²) < 4.78 is 17.1. The van der Waals surface area contributed by atoms with Crippen molar-refractivity contribution in [1.29, 1.82) is 0 Å². The maximum absolute atomic E-state index is 11.5. The lowest BCUT2D eigenvalue weighted by atomic mass is 9.99. The van der Waals surface area contributed by atoms with E-state index in [-0.39, 0.29) is 0 Å².